The van der Waals surface area contributed by atoms with E-state index in [-0.39, 0.29) is 12.7 Å². The summed E-state index contributed by atoms with van der Waals surface area (Å²) < 4.78 is 12.4. The maximum absolute atomic E-state index is 12.1. The Hall–Kier alpha value is -2.99. The molecule has 0 aliphatic carbocycles. The van der Waals surface area contributed by atoms with Crippen molar-refractivity contribution in [3.63, 3.8) is 0 Å². The van der Waals surface area contributed by atoms with Crippen molar-refractivity contribution >= 4 is 29.2 Å². The van der Waals surface area contributed by atoms with E-state index >= 15 is 0 Å². The first kappa shape index (κ1) is 15.5. The van der Waals surface area contributed by atoms with Crippen LogP contribution in [-0.2, 0) is 11.3 Å². The largest absolute Gasteiger partial charge is 0.454 e. The lowest BCUT2D eigenvalue weighted by atomic mass is 10.2. The second kappa shape index (κ2) is 6.49. The Kier molecular flexibility index (Phi) is 4.03. The maximum Gasteiger partial charge on any atom is 0.244 e. The van der Waals surface area contributed by atoms with Gasteiger partial charge in [0.1, 0.15) is 5.65 Å². The van der Waals surface area contributed by atoms with Gasteiger partial charge < -0.3 is 14.8 Å². The number of imidazole rings is 1. The lowest BCUT2D eigenvalue weighted by Crippen LogP contribution is -2.20. The maximum atomic E-state index is 12.1. The number of pyridine rings is 1. The second-order valence-electron chi connectivity index (χ2n) is 5.46. The summed E-state index contributed by atoms with van der Waals surface area (Å²) in [6, 6.07) is 11.2. The lowest BCUT2D eigenvalue weighted by molar-refractivity contribution is -0.116. The molecule has 1 aliphatic heterocycles. The third-order valence-electron chi connectivity index (χ3n) is 3.82. The molecule has 2 aromatic heterocycles. The van der Waals surface area contributed by atoms with Crippen LogP contribution in [0.15, 0.2) is 48.7 Å². The van der Waals surface area contributed by atoms with E-state index in [4.69, 9.17) is 21.1 Å². The van der Waals surface area contributed by atoms with Gasteiger partial charge in [-0.25, -0.2) is 4.98 Å². The number of ether oxygens (including phenoxy) is 2. The number of nitrogens with one attached hydrogen (secondary N) is 1. The topological polar surface area (TPSA) is 64.9 Å². The molecule has 1 amide bonds. The molecule has 0 radical (unpaired) electrons. The van der Waals surface area contributed by atoms with Crippen LogP contribution in [-0.4, -0.2) is 22.1 Å². The first-order valence-electron chi connectivity index (χ1n) is 7.68. The Morgan fingerprint density at radius 2 is 2.16 bits per heavy atom. The van der Waals surface area contributed by atoms with Crippen LogP contribution in [0.25, 0.3) is 11.7 Å². The monoisotopic (exact) mass is 355 g/mol. The van der Waals surface area contributed by atoms with Crippen LogP contribution in [0.1, 0.15) is 11.3 Å². The van der Waals surface area contributed by atoms with Gasteiger partial charge in [0.15, 0.2) is 16.7 Å². The normalized spacial score (nSPS) is 12.8. The fourth-order valence-electron chi connectivity index (χ4n) is 2.59. The van der Waals surface area contributed by atoms with Crippen LogP contribution >= 0.6 is 11.6 Å². The number of rotatable bonds is 4. The van der Waals surface area contributed by atoms with E-state index in [0.717, 1.165) is 17.0 Å². The highest BCUT2D eigenvalue weighted by Crippen LogP contribution is 2.32. The van der Waals surface area contributed by atoms with Crippen molar-refractivity contribution in [2.45, 2.75) is 6.54 Å². The Bertz CT molecular complexity index is 981. The van der Waals surface area contributed by atoms with Crippen LogP contribution in [0, 0.1) is 0 Å². The highest BCUT2D eigenvalue weighted by Gasteiger charge is 2.13. The van der Waals surface area contributed by atoms with Crippen LogP contribution < -0.4 is 14.8 Å². The van der Waals surface area contributed by atoms with Gasteiger partial charge in [0.05, 0.1) is 5.69 Å². The fourth-order valence-corrected chi connectivity index (χ4v) is 2.83. The number of aromatic nitrogens is 2. The van der Waals surface area contributed by atoms with Gasteiger partial charge >= 0.3 is 0 Å². The number of hydrogen-bond donors (Lipinski definition) is 1. The molecule has 1 aliphatic rings. The van der Waals surface area contributed by atoms with E-state index in [1.54, 1.807) is 6.08 Å². The van der Waals surface area contributed by atoms with Gasteiger partial charge in [0, 0.05) is 18.8 Å². The number of carbonyl (C=O) groups is 1. The molecule has 3 aromatic rings. The average Bonchev–Trinajstić information content (AvgIpc) is 3.21. The molecule has 1 N–H and O–H groups in total. The number of halogens is 1. The molecule has 0 atom stereocenters. The van der Waals surface area contributed by atoms with Crippen LogP contribution in [0.3, 0.4) is 0 Å². The summed E-state index contributed by atoms with van der Waals surface area (Å²) in [7, 11) is 0. The molecule has 0 fully saturated rings. The molecule has 4 rings (SSSR count). The van der Waals surface area contributed by atoms with E-state index in [0.29, 0.717) is 23.1 Å². The van der Waals surface area contributed by atoms with E-state index < -0.39 is 0 Å². The number of hydrogen-bond acceptors (Lipinski definition) is 4. The van der Waals surface area contributed by atoms with Gasteiger partial charge in [-0.3, -0.25) is 9.20 Å². The van der Waals surface area contributed by atoms with Crippen molar-refractivity contribution in [3.05, 3.63) is 65.1 Å². The summed E-state index contributed by atoms with van der Waals surface area (Å²) in [5.74, 6) is 1.19. The molecule has 126 valence electrons. The van der Waals surface area contributed by atoms with E-state index in [1.165, 1.54) is 6.08 Å². The summed E-state index contributed by atoms with van der Waals surface area (Å²) in [4.78, 5) is 16.3. The van der Waals surface area contributed by atoms with Crippen LogP contribution in [0.5, 0.6) is 11.5 Å². The van der Waals surface area contributed by atoms with Crippen molar-refractivity contribution < 1.29 is 14.3 Å². The molecule has 7 heteroatoms. The molecule has 25 heavy (non-hydrogen) atoms. The molecule has 0 saturated carbocycles. The third kappa shape index (κ3) is 3.16. The van der Waals surface area contributed by atoms with Gasteiger partial charge in [-0.05, 0) is 35.9 Å². The minimum Gasteiger partial charge on any atom is -0.454 e. The number of nitrogens with zero attached hydrogens (tertiary/aromatic N) is 2. The number of amides is 1. The number of carbonyl (C=O) groups excluding carboxylic acids is 1. The van der Waals surface area contributed by atoms with E-state index in [9.17, 15) is 4.79 Å². The quantitative estimate of drug-likeness (QED) is 0.730. The fraction of sp³-hybridized carbons (Fsp3) is 0.111. The third-order valence-corrected chi connectivity index (χ3v) is 4.10. The second-order valence-corrected chi connectivity index (χ2v) is 5.81. The minimum absolute atomic E-state index is 0.223. The average molecular weight is 356 g/mol. The molecule has 1 aromatic carbocycles. The lowest BCUT2D eigenvalue weighted by Gasteiger charge is -2.04. The SMILES string of the molecule is O=C(C=Cc1c(Cl)nc2ccccn12)NCc1ccc2c(c1)OCO2. The zero-order valence-electron chi connectivity index (χ0n) is 13.1. The van der Waals surface area contributed by atoms with Gasteiger partial charge in [-0.15, -0.1) is 0 Å². The summed E-state index contributed by atoms with van der Waals surface area (Å²) in [6.07, 6.45) is 4.94. The minimum atomic E-state index is -0.223. The molecular weight excluding hydrogens is 342 g/mol. The highest BCUT2D eigenvalue weighted by molar-refractivity contribution is 6.31. The molecular formula is C18H14ClN3O3. The van der Waals surface area contributed by atoms with Gasteiger partial charge in [-0.2, -0.15) is 0 Å². The van der Waals surface area contributed by atoms with Crippen LogP contribution in [0.2, 0.25) is 5.15 Å². The molecule has 6 nitrogen and oxygen atoms in total. The summed E-state index contributed by atoms with van der Waals surface area (Å²) in [5.41, 5.74) is 2.32. The summed E-state index contributed by atoms with van der Waals surface area (Å²) >= 11 is 6.14. The van der Waals surface area contributed by atoms with Crippen molar-refractivity contribution in [2.24, 2.45) is 0 Å². The van der Waals surface area contributed by atoms with Crippen molar-refractivity contribution in [1.29, 1.82) is 0 Å². The van der Waals surface area contributed by atoms with Crippen molar-refractivity contribution in [2.75, 3.05) is 6.79 Å². The predicted octanol–water partition coefficient (Wildman–Crippen LogP) is 3.05. The molecule has 0 spiro atoms. The van der Waals surface area contributed by atoms with Gasteiger partial charge in [0.25, 0.3) is 0 Å². The highest BCUT2D eigenvalue weighted by atomic mass is 35.5. The van der Waals surface area contributed by atoms with E-state index in [1.807, 2.05) is 47.0 Å². The number of fused-ring (bicyclic) bond motifs is 2. The summed E-state index contributed by atoms with van der Waals surface area (Å²) in [6.45, 7) is 0.620. The van der Waals surface area contributed by atoms with Crippen molar-refractivity contribution in [1.82, 2.24) is 14.7 Å². The Balaban J connectivity index is 1.43. The van der Waals surface area contributed by atoms with E-state index in [2.05, 4.69) is 10.3 Å². The molecule has 0 unspecified atom stereocenters. The first-order valence-corrected chi connectivity index (χ1v) is 8.05. The first-order chi connectivity index (χ1) is 12.2. The Morgan fingerprint density at radius 3 is 3.08 bits per heavy atom. The molecule has 3 heterocycles. The zero-order valence-corrected chi connectivity index (χ0v) is 13.9. The predicted molar refractivity (Wildman–Crippen MR) is 93.6 cm³/mol. The molecule has 0 saturated heterocycles. The van der Waals surface area contributed by atoms with Gasteiger partial charge in [0.2, 0.25) is 12.7 Å². The smallest absolute Gasteiger partial charge is 0.244 e. The Labute approximate surface area is 148 Å². The summed E-state index contributed by atoms with van der Waals surface area (Å²) in [5, 5.41) is 3.18. The zero-order chi connectivity index (χ0) is 17.2. The standard InChI is InChI=1S/C18H14ClN3O3/c19-18-13(22-8-2-1-3-16(22)21-18)5-7-17(23)20-10-12-4-6-14-15(9-12)25-11-24-14/h1-9H,10-11H2,(H,20,23). The van der Waals surface area contributed by atoms with Crippen molar-refractivity contribution in [3.8, 4) is 11.5 Å². The van der Waals surface area contributed by atoms with Crippen LogP contribution in [0.4, 0.5) is 0 Å². The van der Waals surface area contributed by atoms with Gasteiger partial charge in [-0.1, -0.05) is 23.7 Å². The Morgan fingerprint density at radius 1 is 1.28 bits per heavy atom. The number of benzene rings is 1. The molecule has 0 bridgehead atoms.